The topological polar surface area (TPSA) is 51.5 Å². The number of methoxy groups -OCH3 is 1. The number of carboxylic acids is 1. The highest BCUT2D eigenvalue weighted by molar-refractivity contribution is 6.35. The Hall–Kier alpha value is -1.52. The zero-order valence-electron chi connectivity index (χ0n) is 10.2. The summed E-state index contributed by atoms with van der Waals surface area (Å²) in [5.74, 6) is -1.01. The van der Waals surface area contributed by atoms with Crippen molar-refractivity contribution in [3.05, 3.63) is 34.5 Å². The van der Waals surface area contributed by atoms with E-state index in [4.69, 9.17) is 16.3 Å². The van der Waals surface area contributed by atoms with E-state index >= 15 is 0 Å². The highest BCUT2D eigenvalue weighted by atomic mass is 35.5. The molecule has 0 aliphatic carbocycles. The van der Waals surface area contributed by atoms with Crippen LogP contribution in [0.5, 0.6) is 0 Å². The molecule has 0 spiro atoms. The van der Waals surface area contributed by atoms with Crippen molar-refractivity contribution in [3.63, 3.8) is 0 Å². The van der Waals surface area contributed by atoms with Crippen LogP contribution in [0.25, 0.3) is 10.9 Å². The molecule has 0 fully saturated rings. The Morgan fingerprint density at radius 3 is 2.83 bits per heavy atom. The third kappa shape index (κ3) is 2.09. The molecule has 1 aromatic heterocycles. The molecule has 0 aliphatic heterocycles. The average molecular weight is 268 g/mol. The van der Waals surface area contributed by atoms with Gasteiger partial charge in [0.2, 0.25) is 0 Å². The van der Waals surface area contributed by atoms with Crippen LogP contribution in [0, 0.1) is 6.92 Å². The molecule has 5 heteroatoms. The van der Waals surface area contributed by atoms with Gasteiger partial charge in [0.25, 0.3) is 0 Å². The van der Waals surface area contributed by atoms with Crippen LogP contribution in [-0.2, 0) is 11.3 Å². The van der Waals surface area contributed by atoms with Crippen LogP contribution >= 0.6 is 11.6 Å². The summed E-state index contributed by atoms with van der Waals surface area (Å²) < 4.78 is 6.80. The van der Waals surface area contributed by atoms with E-state index < -0.39 is 5.97 Å². The zero-order chi connectivity index (χ0) is 13.3. The number of hydrogen-bond acceptors (Lipinski definition) is 2. The second-order valence-electron chi connectivity index (χ2n) is 4.14. The first-order valence-corrected chi connectivity index (χ1v) is 5.94. The number of nitrogens with zero attached hydrogens (tertiary/aromatic N) is 1. The molecule has 1 heterocycles. The monoisotopic (exact) mass is 267 g/mol. The molecule has 0 unspecified atom stereocenters. The summed E-state index contributed by atoms with van der Waals surface area (Å²) >= 11 is 6.16. The summed E-state index contributed by atoms with van der Waals surface area (Å²) in [7, 11) is 1.60. The van der Waals surface area contributed by atoms with Crippen molar-refractivity contribution < 1.29 is 14.6 Å². The van der Waals surface area contributed by atoms with Gasteiger partial charge in [0.1, 0.15) is 10.7 Å². The molecule has 0 saturated heterocycles. The summed E-state index contributed by atoms with van der Waals surface area (Å²) in [4.78, 5) is 11.3. The van der Waals surface area contributed by atoms with E-state index in [1.54, 1.807) is 17.7 Å². The van der Waals surface area contributed by atoms with Gasteiger partial charge >= 0.3 is 5.97 Å². The van der Waals surface area contributed by atoms with Gasteiger partial charge in [0, 0.05) is 19.0 Å². The summed E-state index contributed by atoms with van der Waals surface area (Å²) in [5.41, 5.74) is 2.05. The fraction of sp³-hybridized carbons (Fsp3) is 0.308. The SMILES string of the molecule is COCCn1c(Cl)c(C(=O)O)c2ccc(C)cc21. The van der Waals surface area contributed by atoms with E-state index in [-0.39, 0.29) is 10.7 Å². The Kier molecular flexibility index (Phi) is 3.59. The number of carbonyl (C=O) groups is 1. The lowest BCUT2D eigenvalue weighted by molar-refractivity contribution is 0.0699. The number of aromatic nitrogens is 1. The maximum atomic E-state index is 11.3. The molecule has 2 rings (SSSR count). The number of hydrogen-bond donors (Lipinski definition) is 1. The Morgan fingerprint density at radius 1 is 1.50 bits per heavy atom. The molecule has 0 aliphatic rings. The molecule has 1 aromatic carbocycles. The van der Waals surface area contributed by atoms with Crippen molar-refractivity contribution in [2.75, 3.05) is 13.7 Å². The molecule has 0 atom stereocenters. The smallest absolute Gasteiger partial charge is 0.339 e. The quantitative estimate of drug-likeness (QED) is 0.927. The lowest BCUT2D eigenvalue weighted by Crippen LogP contribution is -2.05. The third-order valence-electron chi connectivity index (χ3n) is 2.89. The normalized spacial score (nSPS) is 11.1. The minimum absolute atomic E-state index is 0.155. The van der Waals surface area contributed by atoms with Gasteiger partial charge in [-0.05, 0) is 18.6 Å². The summed E-state index contributed by atoms with van der Waals surface area (Å²) in [6, 6.07) is 5.61. The van der Waals surface area contributed by atoms with E-state index in [0.717, 1.165) is 11.1 Å². The van der Waals surface area contributed by atoms with E-state index in [1.807, 2.05) is 19.1 Å². The maximum Gasteiger partial charge on any atom is 0.339 e. The summed E-state index contributed by atoms with van der Waals surface area (Å²) in [6.45, 7) is 2.97. The minimum atomic E-state index is -1.01. The van der Waals surface area contributed by atoms with Crippen molar-refractivity contribution in [2.45, 2.75) is 13.5 Å². The van der Waals surface area contributed by atoms with Crippen molar-refractivity contribution in [1.82, 2.24) is 4.57 Å². The number of benzene rings is 1. The van der Waals surface area contributed by atoms with Crippen LogP contribution in [0.1, 0.15) is 15.9 Å². The lowest BCUT2D eigenvalue weighted by atomic mass is 10.1. The molecule has 0 amide bonds. The van der Waals surface area contributed by atoms with Crippen LogP contribution in [0.2, 0.25) is 5.15 Å². The number of ether oxygens (including phenoxy) is 1. The van der Waals surface area contributed by atoms with Crippen LogP contribution < -0.4 is 0 Å². The second kappa shape index (κ2) is 5.00. The van der Waals surface area contributed by atoms with E-state index in [2.05, 4.69) is 0 Å². The first-order valence-electron chi connectivity index (χ1n) is 5.57. The molecule has 0 radical (unpaired) electrons. The van der Waals surface area contributed by atoms with Crippen LogP contribution in [0.4, 0.5) is 0 Å². The molecule has 0 bridgehead atoms. The fourth-order valence-corrected chi connectivity index (χ4v) is 2.39. The van der Waals surface area contributed by atoms with Crippen LogP contribution in [-0.4, -0.2) is 29.4 Å². The van der Waals surface area contributed by atoms with Crippen molar-refractivity contribution in [3.8, 4) is 0 Å². The van der Waals surface area contributed by atoms with Gasteiger partial charge in [-0.2, -0.15) is 0 Å². The highest BCUT2D eigenvalue weighted by Crippen LogP contribution is 2.30. The predicted molar refractivity (Wildman–Crippen MR) is 70.5 cm³/mol. The molecule has 96 valence electrons. The van der Waals surface area contributed by atoms with E-state index in [1.165, 1.54) is 0 Å². The minimum Gasteiger partial charge on any atom is -0.478 e. The molecule has 1 N–H and O–H groups in total. The first-order chi connectivity index (χ1) is 8.56. The number of fused-ring (bicyclic) bond motifs is 1. The van der Waals surface area contributed by atoms with Gasteiger partial charge in [-0.15, -0.1) is 0 Å². The van der Waals surface area contributed by atoms with E-state index in [0.29, 0.717) is 18.5 Å². The van der Waals surface area contributed by atoms with Crippen molar-refractivity contribution in [2.24, 2.45) is 0 Å². The summed E-state index contributed by atoms with van der Waals surface area (Å²) in [6.07, 6.45) is 0. The van der Waals surface area contributed by atoms with Gasteiger partial charge in [0.15, 0.2) is 0 Å². The zero-order valence-corrected chi connectivity index (χ0v) is 11.0. The second-order valence-corrected chi connectivity index (χ2v) is 4.49. The van der Waals surface area contributed by atoms with Crippen LogP contribution in [0.15, 0.2) is 18.2 Å². The fourth-order valence-electron chi connectivity index (χ4n) is 2.03. The van der Waals surface area contributed by atoms with Crippen molar-refractivity contribution in [1.29, 1.82) is 0 Å². The van der Waals surface area contributed by atoms with Crippen molar-refractivity contribution >= 4 is 28.5 Å². The standard InChI is InChI=1S/C13H14ClNO3/c1-8-3-4-9-10(7-8)15(5-6-18-2)12(14)11(9)13(16)17/h3-4,7H,5-6H2,1-2H3,(H,16,17). The van der Waals surface area contributed by atoms with Gasteiger partial charge in [-0.1, -0.05) is 23.7 Å². The van der Waals surface area contributed by atoms with Gasteiger partial charge in [0.05, 0.1) is 12.1 Å². The summed E-state index contributed by atoms with van der Waals surface area (Å²) in [5, 5.41) is 10.2. The maximum absolute atomic E-state index is 11.3. The molecular formula is C13H14ClNO3. The number of aromatic carboxylic acids is 1. The number of halogens is 1. The van der Waals surface area contributed by atoms with Gasteiger partial charge in [-0.25, -0.2) is 4.79 Å². The predicted octanol–water partition coefficient (Wildman–Crippen LogP) is 2.95. The number of carboxylic acid groups (broad SMARTS) is 1. The van der Waals surface area contributed by atoms with E-state index in [9.17, 15) is 9.90 Å². The molecular weight excluding hydrogens is 254 g/mol. The van der Waals surface area contributed by atoms with Gasteiger partial charge in [-0.3, -0.25) is 0 Å². The first kappa shape index (κ1) is 12.9. The number of aryl methyl sites for hydroxylation is 1. The average Bonchev–Trinajstić information content (AvgIpc) is 2.58. The number of rotatable bonds is 4. The molecule has 18 heavy (non-hydrogen) atoms. The molecule has 0 saturated carbocycles. The Morgan fingerprint density at radius 2 is 2.22 bits per heavy atom. The Balaban J connectivity index is 2.70. The molecule has 2 aromatic rings. The highest BCUT2D eigenvalue weighted by Gasteiger charge is 2.20. The van der Waals surface area contributed by atoms with Crippen LogP contribution in [0.3, 0.4) is 0 Å². The van der Waals surface area contributed by atoms with Gasteiger partial charge < -0.3 is 14.4 Å². The third-order valence-corrected chi connectivity index (χ3v) is 3.28. The molecule has 4 nitrogen and oxygen atoms in total. The Labute approximate surface area is 110 Å². The largest absolute Gasteiger partial charge is 0.478 e. The lowest BCUT2D eigenvalue weighted by Gasteiger charge is -2.06. The Bertz CT molecular complexity index is 604.